The largest absolute Gasteiger partial charge is 0.384 e. The standard InChI is InChI=1S/C12H13FN2.C2H6/c1-3-9-10(13)5-4-8-6-11(14)15-7(2)12(8)9;1-2/h4-6H,3H2,1-2H3,(H2,14,15);1-2H3. The van der Waals surface area contributed by atoms with Gasteiger partial charge in [0.2, 0.25) is 0 Å². The van der Waals surface area contributed by atoms with Gasteiger partial charge in [-0.15, -0.1) is 0 Å². The Morgan fingerprint density at radius 1 is 1.29 bits per heavy atom. The van der Waals surface area contributed by atoms with Crippen LogP contribution in [0.2, 0.25) is 0 Å². The van der Waals surface area contributed by atoms with Crippen molar-refractivity contribution in [3.8, 4) is 0 Å². The second-order valence-electron chi connectivity index (χ2n) is 3.61. The van der Waals surface area contributed by atoms with E-state index in [2.05, 4.69) is 4.98 Å². The summed E-state index contributed by atoms with van der Waals surface area (Å²) in [6.07, 6.45) is 0.662. The molecule has 0 unspecified atom stereocenters. The molecule has 0 amide bonds. The molecule has 0 bridgehead atoms. The van der Waals surface area contributed by atoms with Gasteiger partial charge in [0.05, 0.1) is 0 Å². The zero-order chi connectivity index (χ0) is 13.0. The maximum Gasteiger partial charge on any atom is 0.127 e. The molecular weight excluding hydrogens is 215 g/mol. The number of halogens is 1. The summed E-state index contributed by atoms with van der Waals surface area (Å²) in [7, 11) is 0. The van der Waals surface area contributed by atoms with Crippen LogP contribution < -0.4 is 5.73 Å². The van der Waals surface area contributed by atoms with Gasteiger partial charge in [-0.25, -0.2) is 9.37 Å². The van der Waals surface area contributed by atoms with Crippen LogP contribution in [0.1, 0.15) is 32.0 Å². The molecule has 17 heavy (non-hydrogen) atoms. The minimum absolute atomic E-state index is 0.167. The number of benzene rings is 1. The van der Waals surface area contributed by atoms with Gasteiger partial charge in [0.15, 0.2) is 0 Å². The number of pyridine rings is 1. The van der Waals surface area contributed by atoms with E-state index in [-0.39, 0.29) is 5.82 Å². The molecule has 0 spiro atoms. The molecular formula is C14H19FN2. The fourth-order valence-electron chi connectivity index (χ4n) is 1.97. The van der Waals surface area contributed by atoms with Crippen molar-refractivity contribution in [2.24, 2.45) is 0 Å². The van der Waals surface area contributed by atoms with Crippen molar-refractivity contribution in [1.82, 2.24) is 4.98 Å². The third kappa shape index (κ3) is 2.54. The van der Waals surface area contributed by atoms with Crippen LogP contribution in [0.5, 0.6) is 0 Å². The van der Waals surface area contributed by atoms with E-state index >= 15 is 0 Å². The van der Waals surface area contributed by atoms with E-state index in [0.717, 1.165) is 22.0 Å². The van der Waals surface area contributed by atoms with E-state index in [1.165, 1.54) is 6.07 Å². The first-order valence-electron chi connectivity index (χ1n) is 5.97. The lowest BCUT2D eigenvalue weighted by molar-refractivity contribution is 0.615. The highest BCUT2D eigenvalue weighted by Crippen LogP contribution is 2.25. The minimum Gasteiger partial charge on any atom is -0.384 e. The second kappa shape index (κ2) is 5.62. The Morgan fingerprint density at radius 2 is 1.94 bits per heavy atom. The summed E-state index contributed by atoms with van der Waals surface area (Å²) in [5.41, 5.74) is 7.16. The number of hydrogen-bond acceptors (Lipinski definition) is 2. The molecule has 2 rings (SSSR count). The van der Waals surface area contributed by atoms with Gasteiger partial charge in [-0.3, -0.25) is 0 Å². The Bertz CT molecular complexity index is 521. The average molecular weight is 234 g/mol. The summed E-state index contributed by atoms with van der Waals surface area (Å²) in [6.45, 7) is 7.80. The number of nitrogens with two attached hydrogens (primary N) is 1. The Kier molecular flexibility index (Phi) is 4.44. The Balaban J connectivity index is 0.000000686. The SMILES string of the molecule is CC.CCc1c(F)ccc2cc(N)nc(C)c12. The highest BCUT2D eigenvalue weighted by molar-refractivity contribution is 5.89. The van der Waals surface area contributed by atoms with E-state index < -0.39 is 0 Å². The monoisotopic (exact) mass is 234 g/mol. The Labute approximate surface area is 102 Å². The topological polar surface area (TPSA) is 38.9 Å². The summed E-state index contributed by atoms with van der Waals surface area (Å²) in [5.74, 6) is 0.313. The van der Waals surface area contributed by atoms with Crippen molar-refractivity contribution in [2.45, 2.75) is 34.1 Å². The van der Waals surface area contributed by atoms with Crippen LogP contribution in [0.3, 0.4) is 0 Å². The van der Waals surface area contributed by atoms with Crippen molar-refractivity contribution in [1.29, 1.82) is 0 Å². The third-order valence-corrected chi connectivity index (χ3v) is 2.60. The average Bonchev–Trinajstić information content (AvgIpc) is 2.32. The summed E-state index contributed by atoms with van der Waals surface area (Å²) in [4.78, 5) is 4.16. The van der Waals surface area contributed by atoms with Crippen molar-refractivity contribution in [3.05, 3.63) is 35.3 Å². The summed E-state index contributed by atoms with van der Waals surface area (Å²) >= 11 is 0. The molecule has 2 N–H and O–H groups in total. The number of aryl methyl sites for hydroxylation is 2. The number of hydrogen-bond donors (Lipinski definition) is 1. The number of aromatic nitrogens is 1. The van der Waals surface area contributed by atoms with Gasteiger partial charge in [0, 0.05) is 11.1 Å². The van der Waals surface area contributed by atoms with E-state index in [1.807, 2.05) is 27.7 Å². The number of fused-ring (bicyclic) bond motifs is 1. The summed E-state index contributed by atoms with van der Waals surface area (Å²) in [6, 6.07) is 5.01. The van der Waals surface area contributed by atoms with Gasteiger partial charge in [0.25, 0.3) is 0 Å². The number of rotatable bonds is 1. The molecule has 0 aliphatic carbocycles. The van der Waals surface area contributed by atoms with Crippen molar-refractivity contribution in [3.63, 3.8) is 0 Å². The maximum atomic E-state index is 13.5. The first-order chi connectivity index (χ1) is 8.13. The molecule has 0 atom stereocenters. The fourth-order valence-corrected chi connectivity index (χ4v) is 1.97. The third-order valence-electron chi connectivity index (χ3n) is 2.60. The van der Waals surface area contributed by atoms with E-state index in [1.54, 1.807) is 12.1 Å². The van der Waals surface area contributed by atoms with Crippen molar-refractivity contribution < 1.29 is 4.39 Å². The smallest absolute Gasteiger partial charge is 0.127 e. The normalized spacial score (nSPS) is 9.94. The van der Waals surface area contributed by atoms with Crippen molar-refractivity contribution >= 4 is 16.6 Å². The molecule has 3 heteroatoms. The lowest BCUT2D eigenvalue weighted by Crippen LogP contribution is -1.97. The number of nitrogens with zero attached hydrogens (tertiary/aromatic N) is 1. The predicted molar refractivity (Wildman–Crippen MR) is 71.6 cm³/mol. The van der Waals surface area contributed by atoms with Gasteiger partial charge < -0.3 is 5.73 Å². The zero-order valence-corrected chi connectivity index (χ0v) is 10.8. The summed E-state index contributed by atoms with van der Waals surface area (Å²) < 4.78 is 13.5. The lowest BCUT2D eigenvalue weighted by Gasteiger charge is -2.09. The van der Waals surface area contributed by atoms with Crippen LogP contribution in [0.25, 0.3) is 10.8 Å². The minimum atomic E-state index is -0.167. The molecule has 0 radical (unpaired) electrons. The van der Waals surface area contributed by atoms with Crippen LogP contribution in [-0.2, 0) is 6.42 Å². The van der Waals surface area contributed by atoms with Crippen LogP contribution in [-0.4, -0.2) is 4.98 Å². The molecule has 2 nitrogen and oxygen atoms in total. The Hall–Kier alpha value is -1.64. The van der Waals surface area contributed by atoms with E-state index in [0.29, 0.717) is 12.2 Å². The predicted octanol–water partition coefficient (Wildman–Crippen LogP) is 3.85. The highest BCUT2D eigenvalue weighted by atomic mass is 19.1. The molecule has 0 fully saturated rings. The van der Waals surface area contributed by atoms with E-state index in [4.69, 9.17) is 5.73 Å². The molecule has 0 saturated carbocycles. The molecule has 0 aliphatic rings. The first-order valence-corrected chi connectivity index (χ1v) is 5.97. The molecule has 1 aromatic heterocycles. The van der Waals surface area contributed by atoms with Gasteiger partial charge in [0.1, 0.15) is 11.6 Å². The van der Waals surface area contributed by atoms with Gasteiger partial charge in [-0.2, -0.15) is 0 Å². The first kappa shape index (κ1) is 13.4. The second-order valence-corrected chi connectivity index (χ2v) is 3.61. The fraction of sp³-hybridized carbons (Fsp3) is 0.357. The number of anilines is 1. The molecule has 0 aliphatic heterocycles. The number of nitrogen functional groups attached to an aromatic ring is 1. The quantitative estimate of drug-likeness (QED) is 0.813. The van der Waals surface area contributed by atoms with Gasteiger partial charge >= 0.3 is 0 Å². The highest BCUT2D eigenvalue weighted by Gasteiger charge is 2.09. The Morgan fingerprint density at radius 3 is 2.53 bits per heavy atom. The van der Waals surface area contributed by atoms with Gasteiger partial charge in [-0.05, 0) is 36.4 Å². The van der Waals surface area contributed by atoms with Crippen LogP contribution in [0.15, 0.2) is 18.2 Å². The summed E-state index contributed by atoms with van der Waals surface area (Å²) in [5, 5.41) is 1.85. The molecule has 1 aromatic carbocycles. The molecule has 92 valence electrons. The molecule has 1 heterocycles. The van der Waals surface area contributed by atoms with E-state index in [9.17, 15) is 4.39 Å². The van der Waals surface area contributed by atoms with Crippen LogP contribution in [0, 0.1) is 12.7 Å². The van der Waals surface area contributed by atoms with Crippen LogP contribution in [0.4, 0.5) is 10.2 Å². The lowest BCUT2D eigenvalue weighted by atomic mass is 10.0. The van der Waals surface area contributed by atoms with Crippen LogP contribution >= 0.6 is 0 Å². The molecule has 2 aromatic rings. The van der Waals surface area contributed by atoms with Crippen molar-refractivity contribution in [2.75, 3.05) is 5.73 Å². The maximum absolute atomic E-state index is 13.5. The zero-order valence-electron chi connectivity index (χ0n) is 10.8. The van der Waals surface area contributed by atoms with Gasteiger partial charge in [-0.1, -0.05) is 26.8 Å². The molecule has 0 saturated heterocycles.